The minimum Gasteiger partial charge on any atom is -0.392 e. The summed E-state index contributed by atoms with van der Waals surface area (Å²) in [6, 6.07) is 4.20. The molecule has 100 valence electrons. The second kappa shape index (κ2) is 5.47. The van der Waals surface area contributed by atoms with Crippen molar-refractivity contribution in [2.24, 2.45) is 0 Å². The Labute approximate surface area is 114 Å². The fourth-order valence-corrected chi connectivity index (χ4v) is 2.82. The van der Waals surface area contributed by atoms with Gasteiger partial charge in [-0.3, -0.25) is 0 Å². The van der Waals surface area contributed by atoms with Crippen LogP contribution in [0.2, 0.25) is 5.02 Å². The number of aliphatic hydroxyl groups is 1. The van der Waals surface area contributed by atoms with Gasteiger partial charge in [0.15, 0.2) is 0 Å². The van der Waals surface area contributed by atoms with Gasteiger partial charge in [-0.2, -0.15) is 5.10 Å². The van der Waals surface area contributed by atoms with Crippen LogP contribution in [0.1, 0.15) is 5.56 Å². The molecular weight excluding hydrogens is 292 g/mol. The molecule has 1 aromatic carbocycles. The van der Waals surface area contributed by atoms with E-state index in [2.05, 4.69) is 19.9 Å². The second-order valence-electron chi connectivity index (χ2n) is 3.49. The third kappa shape index (κ3) is 3.16. The van der Waals surface area contributed by atoms with E-state index < -0.39 is 10.0 Å². The van der Waals surface area contributed by atoms with E-state index in [0.29, 0.717) is 5.56 Å². The molecular formula is C10H9ClN4O3S. The van der Waals surface area contributed by atoms with Crippen LogP contribution >= 0.6 is 11.6 Å². The van der Waals surface area contributed by atoms with Crippen LogP contribution in [0.5, 0.6) is 0 Å². The van der Waals surface area contributed by atoms with Gasteiger partial charge in [0.1, 0.15) is 4.90 Å². The minimum absolute atomic E-state index is 0.0357. The Bertz CT molecular complexity index is 678. The summed E-state index contributed by atoms with van der Waals surface area (Å²) in [5.74, 6) is -0.159. The fourth-order valence-electron chi connectivity index (χ4n) is 1.32. The maximum Gasteiger partial charge on any atom is 0.265 e. The van der Waals surface area contributed by atoms with E-state index in [-0.39, 0.29) is 22.5 Å². The van der Waals surface area contributed by atoms with Gasteiger partial charge in [0.2, 0.25) is 0 Å². The van der Waals surface area contributed by atoms with Crippen LogP contribution < -0.4 is 4.72 Å². The molecule has 9 heteroatoms. The van der Waals surface area contributed by atoms with Crippen molar-refractivity contribution in [1.82, 2.24) is 15.2 Å². The molecule has 0 bridgehead atoms. The number of aromatic nitrogens is 3. The summed E-state index contributed by atoms with van der Waals surface area (Å²) in [6.45, 7) is -0.289. The highest BCUT2D eigenvalue weighted by atomic mass is 35.5. The molecule has 19 heavy (non-hydrogen) atoms. The highest BCUT2D eigenvalue weighted by molar-refractivity contribution is 7.92. The first-order valence-corrected chi connectivity index (χ1v) is 6.95. The summed E-state index contributed by atoms with van der Waals surface area (Å²) in [4.78, 5) is 3.55. The number of nitrogens with zero attached hydrogens (tertiary/aromatic N) is 3. The van der Waals surface area contributed by atoms with Crippen LogP contribution in [0.15, 0.2) is 35.5 Å². The Morgan fingerprint density at radius 3 is 2.74 bits per heavy atom. The van der Waals surface area contributed by atoms with E-state index in [0.717, 1.165) is 0 Å². The second-order valence-corrected chi connectivity index (χ2v) is 5.55. The molecule has 0 aliphatic carbocycles. The Morgan fingerprint density at radius 1 is 1.32 bits per heavy atom. The van der Waals surface area contributed by atoms with Crippen molar-refractivity contribution in [3.63, 3.8) is 0 Å². The van der Waals surface area contributed by atoms with E-state index in [1.54, 1.807) is 0 Å². The summed E-state index contributed by atoms with van der Waals surface area (Å²) >= 11 is 5.85. The van der Waals surface area contributed by atoms with Crippen molar-refractivity contribution in [2.75, 3.05) is 4.72 Å². The van der Waals surface area contributed by atoms with Crippen molar-refractivity contribution in [2.45, 2.75) is 11.5 Å². The third-order valence-electron chi connectivity index (χ3n) is 2.18. The lowest BCUT2D eigenvalue weighted by Crippen LogP contribution is -2.16. The van der Waals surface area contributed by atoms with Gasteiger partial charge in [0, 0.05) is 0 Å². The molecule has 2 aromatic rings. The Morgan fingerprint density at radius 2 is 2.11 bits per heavy atom. The zero-order valence-electron chi connectivity index (χ0n) is 9.49. The van der Waals surface area contributed by atoms with Crippen molar-refractivity contribution in [3.8, 4) is 0 Å². The van der Waals surface area contributed by atoms with Gasteiger partial charge in [-0.1, -0.05) is 17.7 Å². The molecule has 7 nitrogen and oxygen atoms in total. The summed E-state index contributed by atoms with van der Waals surface area (Å²) in [5.41, 5.74) is 0.428. The first kappa shape index (κ1) is 13.7. The summed E-state index contributed by atoms with van der Waals surface area (Å²) < 4.78 is 26.4. The van der Waals surface area contributed by atoms with Crippen LogP contribution in [0, 0.1) is 0 Å². The van der Waals surface area contributed by atoms with Crippen LogP contribution in [-0.2, 0) is 16.6 Å². The molecule has 0 saturated heterocycles. The van der Waals surface area contributed by atoms with Crippen molar-refractivity contribution in [3.05, 3.63) is 41.2 Å². The van der Waals surface area contributed by atoms with E-state index in [1.165, 1.54) is 30.6 Å². The summed E-state index contributed by atoms with van der Waals surface area (Å²) in [7, 11) is -3.93. The molecule has 1 aromatic heterocycles. The average Bonchev–Trinajstić information content (AvgIpc) is 2.39. The molecule has 0 spiro atoms. The molecule has 0 unspecified atom stereocenters. The summed E-state index contributed by atoms with van der Waals surface area (Å²) in [5, 5.41) is 16.1. The van der Waals surface area contributed by atoms with E-state index in [1.807, 2.05) is 0 Å². The standard InChI is InChI=1S/C10H9ClN4O3S/c11-8-2-1-7(6-16)5-9(8)19(17,18)15-10-12-3-4-13-14-10/h1-5,16H,6H2,(H,12,14,15). The van der Waals surface area contributed by atoms with Crippen molar-refractivity contribution in [1.29, 1.82) is 0 Å². The van der Waals surface area contributed by atoms with Gasteiger partial charge in [0.05, 0.1) is 24.0 Å². The molecule has 2 rings (SSSR count). The maximum absolute atomic E-state index is 12.1. The van der Waals surface area contributed by atoms with Crippen molar-refractivity contribution >= 4 is 27.6 Å². The Hall–Kier alpha value is -1.77. The quantitative estimate of drug-likeness (QED) is 0.866. The van der Waals surface area contributed by atoms with Crippen LogP contribution in [0.3, 0.4) is 0 Å². The normalized spacial score (nSPS) is 11.3. The first-order valence-electron chi connectivity index (χ1n) is 5.09. The highest BCUT2D eigenvalue weighted by Crippen LogP contribution is 2.24. The van der Waals surface area contributed by atoms with Gasteiger partial charge in [-0.05, 0) is 17.7 Å². The van der Waals surface area contributed by atoms with Crippen LogP contribution in [0.25, 0.3) is 0 Å². The monoisotopic (exact) mass is 300 g/mol. The molecule has 2 N–H and O–H groups in total. The van der Waals surface area contributed by atoms with E-state index in [9.17, 15) is 8.42 Å². The number of nitrogens with one attached hydrogen (secondary N) is 1. The number of rotatable bonds is 4. The molecule has 0 radical (unpaired) electrons. The first-order chi connectivity index (χ1) is 9.03. The molecule has 0 aliphatic heterocycles. The average molecular weight is 301 g/mol. The van der Waals surface area contributed by atoms with Crippen LogP contribution in [-0.4, -0.2) is 28.7 Å². The van der Waals surface area contributed by atoms with E-state index in [4.69, 9.17) is 16.7 Å². The van der Waals surface area contributed by atoms with Gasteiger partial charge < -0.3 is 5.11 Å². The minimum atomic E-state index is -3.93. The van der Waals surface area contributed by atoms with Gasteiger partial charge >= 0.3 is 0 Å². The van der Waals surface area contributed by atoms with E-state index >= 15 is 0 Å². The number of aliphatic hydroxyl groups excluding tert-OH is 1. The molecule has 0 saturated carbocycles. The molecule has 0 aliphatic rings. The van der Waals surface area contributed by atoms with Gasteiger partial charge in [-0.25, -0.2) is 18.1 Å². The fraction of sp³-hybridized carbons (Fsp3) is 0.100. The topological polar surface area (TPSA) is 105 Å². The molecule has 1 heterocycles. The lowest BCUT2D eigenvalue weighted by Gasteiger charge is -2.08. The molecule has 0 amide bonds. The third-order valence-corrected chi connectivity index (χ3v) is 3.99. The number of hydrogen-bond donors (Lipinski definition) is 2. The number of anilines is 1. The number of halogens is 1. The Balaban J connectivity index is 2.39. The largest absolute Gasteiger partial charge is 0.392 e. The smallest absolute Gasteiger partial charge is 0.265 e. The predicted octanol–water partition coefficient (Wildman–Crippen LogP) is 0.818. The number of sulfonamides is 1. The van der Waals surface area contributed by atoms with Gasteiger partial charge in [0.25, 0.3) is 16.0 Å². The van der Waals surface area contributed by atoms with Crippen LogP contribution in [0.4, 0.5) is 5.95 Å². The lowest BCUT2D eigenvalue weighted by molar-refractivity contribution is 0.281. The number of benzene rings is 1. The molecule has 0 atom stereocenters. The van der Waals surface area contributed by atoms with Gasteiger partial charge in [-0.15, -0.1) is 5.10 Å². The summed E-state index contributed by atoms with van der Waals surface area (Å²) in [6.07, 6.45) is 2.62. The Kier molecular flexibility index (Phi) is 3.93. The maximum atomic E-state index is 12.1. The predicted molar refractivity (Wildman–Crippen MR) is 68.0 cm³/mol. The molecule has 0 fully saturated rings. The van der Waals surface area contributed by atoms with Crippen molar-refractivity contribution < 1.29 is 13.5 Å². The highest BCUT2D eigenvalue weighted by Gasteiger charge is 2.19. The zero-order chi connectivity index (χ0) is 13.9. The number of hydrogen-bond acceptors (Lipinski definition) is 6. The lowest BCUT2D eigenvalue weighted by atomic mass is 10.2. The SMILES string of the molecule is O=S(=O)(Nc1nccnn1)c1cc(CO)ccc1Cl. The zero-order valence-corrected chi connectivity index (χ0v) is 11.1.